The lowest BCUT2D eigenvalue weighted by atomic mass is 9.76. The van der Waals surface area contributed by atoms with Gasteiger partial charge < -0.3 is 40.0 Å². The first-order valence-corrected chi connectivity index (χ1v) is 12.2. The average molecular weight is 521 g/mol. The minimum atomic E-state index is -1.28. The molecule has 2 aromatic rings. The molecule has 2 aromatic carbocycles. The van der Waals surface area contributed by atoms with E-state index in [4.69, 9.17) is 14.4 Å². The van der Waals surface area contributed by atoms with Gasteiger partial charge >= 0.3 is 20.2 Å². The summed E-state index contributed by atoms with van der Waals surface area (Å²) >= 11 is 0. The van der Waals surface area contributed by atoms with Crippen molar-refractivity contribution in [3.63, 3.8) is 0 Å². The van der Waals surface area contributed by atoms with Crippen molar-refractivity contribution in [3.8, 4) is 0 Å². The fourth-order valence-electron chi connectivity index (χ4n) is 5.19. The molecule has 0 radical (unpaired) electrons. The van der Waals surface area contributed by atoms with Crippen LogP contribution in [-0.4, -0.2) is 83.2 Å². The second-order valence-electron chi connectivity index (χ2n) is 9.40. The van der Waals surface area contributed by atoms with Crippen LogP contribution in [0.3, 0.4) is 0 Å². The van der Waals surface area contributed by atoms with E-state index in [2.05, 4.69) is 10.6 Å². The van der Waals surface area contributed by atoms with Crippen LogP contribution < -0.4 is 21.6 Å². The van der Waals surface area contributed by atoms with Gasteiger partial charge in [0.25, 0.3) is 11.8 Å². The van der Waals surface area contributed by atoms with Crippen LogP contribution >= 0.6 is 0 Å². The minimum absolute atomic E-state index is 0.00368. The van der Waals surface area contributed by atoms with Crippen molar-refractivity contribution >= 4 is 48.9 Å². The summed E-state index contributed by atoms with van der Waals surface area (Å²) in [5.74, 6) is -2.64. The third kappa shape index (κ3) is 4.90. The fraction of sp³-hybridized carbons (Fsp3) is 0.333. The number of amides is 3. The summed E-state index contributed by atoms with van der Waals surface area (Å²) in [6.07, 6.45) is -0.204. The van der Waals surface area contributed by atoms with E-state index in [0.717, 1.165) is 0 Å². The average Bonchev–Trinajstić information content (AvgIpc) is 3.60. The molecule has 38 heavy (non-hydrogen) atoms. The zero-order chi connectivity index (χ0) is 27.0. The van der Waals surface area contributed by atoms with Crippen LogP contribution in [0.15, 0.2) is 36.4 Å². The molecule has 3 aliphatic rings. The highest BCUT2D eigenvalue weighted by Gasteiger charge is 2.43. The number of aliphatic carboxylic acids is 1. The molecule has 1 fully saturated rings. The number of carbonyl (C=O) groups is 4. The first-order chi connectivity index (χ1) is 18.2. The molecule has 0 aliphatic carbocycles. The first-order valence-electron chi connectivity index (χ1n) is 12.2. The fourth-order valence-corrected chi connectivity index (χ4v) is 5.19. The van der Waals surface area contributed by atoms with Gasteiger partial charge in [0.05, 0.1) is 19.6 Å². The molecule has 2 atom stereocenters. The summed E-state index contributed by atoms with van der Waals surface area (Å²) in [5.41, 5.74) is 2.50. The number of rotatable bonds is 7. The van der Waals surface area contributed by atoms with Crippen LogP contribution in [0.2, 0.25) is 0 Å². The van der Waals surface area contributed by atoms with Crippen LogP contribution in [-0.2, 0) is 32.1 Å². The van der Waals surface area contributed by atoms with E-state index in [1.54, 1.807) is 36.4 Å². The number of fused-ring (bicyclic) bond motifs is 2. The number of nitrogens with zero attached hydrogens (tertiary/aromatic N) is 1. The molecule has 196 valence electrons. The maximum atomic E-state index is 13.7. The van der Waals surface area contributed by atoms with Gasteiger partial charge in [-0.15, -0.1) is 0 Å². The minimum Gasteiger partial charge on any atom is -0.481 e. The third-order valence-electron chi connectivity index (χ3n) is 6.99. The maximum absolute atomic E-state index is 13.7. The molecular formula is C24H25B2N3O9. The molecule has 3 heterocycles. The van der Waals surface area contributed by atoms with E-state index in [-0.39, 0.29) is 50.3 Å². The highest BCUT2D eigenvalue weighted by Crippen LogP contribution is 2.23. The van der Waals surface area contributed by atoms with E-state index >= 15 is 0 Å². The van der Waals surface area contributed by atoms with Gasteiger partial charge in [0.2, 0.25) is 5.91 Å². The summed E-state index contributed by atoms with van der Waals surface area (Å²) in [7, 11) is -2.50. The Kier molecular flexibility index (Phi) is 7.21. The van der Waals surface area contributed by atoms with Crippen LogP contribution in [0, 0.1) is 0 Å². The number of carboxylic acid groups (broad SMARTS) is 1. The van der Waals surface area contributed by atoms with Crippen LogP contribution in [0.4, 0.5) is 0 Å². The van der Waals surface area contributed by atoms with Gasteiger partial charge in [0, 0.05) is 41.2 Å². The number of benzene rings is 2. The molecule has 5 N–H and O–H groups in total. The van der Waals surface area contributed by atoms with Crippen LogP contribution in [0.25, 0.3) is 0 Å². The number of hydrogen-bond acceptors (Lipinski definition) is 8. The Morgan fingerprint density at radius 1 is 0.947 bits per heavy atom. The number of nitrogens with one attached hydrogen (secondary N) is 2. The summed E-state index contributed by atoms with van der Waals surface area (Å²) in [5, 5.41) is 34.8. The molecule has 14 heteroatoms. The number of hydrogen-bond donors (Lipinski definition) is 5. The molecule has 0 unspecified atom stereocenters. The van der Waals surface area contributed by atoms with Crippen molar-refractivity contribution in [2.24, 2.45) is 0 Å². The Bertz CT molecular complexity index is 1310. The van der Waals surface area contributed by atoms with Gasteiger partial charge in [-0.1, -0.05) is 24.3 Å². The Balaban J connectivity index is 1.38. The van der Waals surface area contributed by atoms with Crippen molar-refractivity contribution in [1.82, 2.24) is 15.5 Å². The molecule has 0 saturated carbocycles. The second kappa shape index (κ2) is 10.6. The zero-order valence-electron chi connectivity index (χ0n) is 20.3. The van der Waals surface area contributed by atoms with Gasteiger partial charge in [-0.05, 0) is 29.7 Å². The number of carboxylic acids is 1. The molecule has 0 spiro atoms. The molecule has 12 nitrogen and oxygen atoms in total. The van der Waals surface area contributed by atoms with Crippen molar-refractivity contribution in [1.29, 1.82) is 0 Å². The maximum Gasteiger partial charge on any atom is 0.492 e. The lowest BCUT2D eigenvalue weighted by molar-refractivity contribution is -0.137. The summed E-state index contributed by atoms with van der Waals surface area (Å²) in [6.45, 7) is 0.201. The monoisotopic (exact) mass is 521 g/mol. The van der Waals surface area contributed by atoms with Gasteiger partial charge in [-0.2, -0.15) is 0 Å². The first kappa shape index (κ1) is 25.9. The Morgan fingerprint density at radius 3 is 2.18 bits per heavy atom. The lowest BCUT2D eigenvalue weighted by Gasteiger charge is -2.25. The Hall–Kier alpha value is -3.71. The summed E-state index contributed by atoms with van der Waals surface area (Å²) in [6, 6.07) is 8.33. The summed E-state index contributed by atoms with van der Waals surface area (Å²) < 4.78 is 10.5. The van der Waals surface area contributed by atoms with Crippen molar-refractivity contribution < 1.29 is 43.6 Å². The highest BCUT2D eigenvalue weighted by atomic mass is 16.5. The Morgan fingerprint density at radius 2 is 1.55 bits per heavy atom. The van der Waals surface area contributed by atoms with Gasteiger partial charge in [0.15, 0.2) is 0 Å². The largest absolute Gasteiger partial charge is 0.492 e. The molecule has 0 aromatic heterocycles. The van der Waals surface area contributed by atoms with E-state index in [1.165, 1.54) is 4.90 Å². The zero-order valence-corrected chi connectivity index (χ0v) is 20.3. The predicted molar refractivity (Wildman–Crippen MR) is 134 cm³/mol. The van der Waals surface area contributed by atoms with Gasteiger partial charge in [-0.25, -0.2) is 0 Å². The van der Waals surface area contributed by atoms with Gasteiger partial charge in [0.1, 0.15) is 6.04 Å². The summed E-state index contributed by atoms with van der Waals surface area (Å²) in [4.78, 5) is 52.1. The predicted octanol–water partition coefficient (Wildman–Crippen LogP) is -2.27. The molecule has 5 rings (SSSR count). The van der Waals surface area contributed by atoms with Gasteiger partial charge in [-0.3, -0.25) is 19.2 Å². The molecule has 1 saturated heterocycles. The SMILES string of the molecule is O=C(O)CCNC(=O)[C@@H]1C[C@@H](NC(=O)c2cccc3c2B(O)OC3)CN1C(=O)c1cccc2c1B(O)OC2. The van der Waals surface area contributed by atoms with Crippen molar-refractivity contribution in [3.05, 3.63) is 58.7 Å². The molecule has 0 bridgehead atoms. The second-order valence-corrected chi connectivity index (χ2v) is 9.40. The van der Waals surface area contributed by atoms with Crippen LogP contribution in [0.1, 0.15) is 44.7 Å². The van der Waals surface area contributed by atoms with Crippen molar-refractivity contribution in [2.75, 3.05) is 13.1 Å². The standard InChI is InChI=1S/C24H25B2N3O9/c30-19(31)7-8-27-23(33)18-9-15(28-22(32)16-5-1-3-13-11-37-25(35)20(13)16)10-29(18)24(34)17-6-2-4-14-12-38-26(36)21(14)17/h1-6,15,18,35-36H,7-12H2,(H,27,33)(H,28,32)(H,30,31)/t15-,18+/m1/s1. The highest BCUT2D eigenvalue weighted by molar-refractivity contribution is 6.63. The molecular weight excluding hydrogens is 496 g/mol. The normalized spacial score (nSPS) is 19.8. The number of carbonyl (C=O) groups excluding carboxylic acids is 3. The van der Waals surface area contributed by atoms with E-state index in [0.29, 0.717) is 22.1 Å². The van der Waals surface area contributed by atoms with E-state index in [9.17, 15) is 29.2 Å². The third-order valence-corrected chi connectivity index (χ3v) is 6.99. The Labute approximate surface area is 218 Å². The van der Waals surface area contributed by atoms with E-state index in [1.807, 2.05) is 0 Å². The quantitative estimate of drug-likeness (QED) is 0.252. The molecule has 3 aliphatic heterocycles. The van der Waals surface area contributed by atoms with E-state index < -0.39 is 50.0 Å². The van der Waals surface area contributed by atoms with Crippen LogP contribution in [0.5, 0.6) is 0 Å². The smallest absolute Gasteiger partial charge is 0.481 e. The lowest BCUT2D eigenvalue weighted by Crippen LogP contribution is -2.48. The molecule has 3 amide bonds. The number of likely N-dealkylation sites (tertiary alicyclic amines) is 1. The van der Waals surface area contributed by atoms with Crippen molar-refractivity contribution in [2.45, 2.75) is 38.1 Å². The topological polar surface area (TPSA) is 175 Å².